The molecule has 0 aromatic carbocycles. The van der Waals surface area contributed by atoms with Gasteiger partial charge in [-0.05, 0) is 25.1 Å². The quantitative estimate of drug-likeness (QED) is 0.703. The van der Waals surface area contributed by atoms with E-state index in [2.05, 4.69) is 33.4 Å². The number of rotatable bonds is 2. The molecule has 0 radical (unpaired) electrons. The van der Waals surface area contributed by atoms with Crippen molar-refractivity contribution in [3.8, 4) is 11.1 Å². The molecule has 3 rings (SSSR count). The van der Waals surface area contributed by atoms with Crippen LogP contribution in [0.15, 0.2) is 36.9 Å². The normalized spacial score (nSPS) is 11.2. The molecule has 0 unspecified atom stereocenters. The van der Waals surface area contributed by atoms with Crippen molar-refractivity contribution in [2.24, 2.45) is 5.73 Å². The Bertz CT molecular complexity index is 649. The van der Waals surface area contributed by atoms with E-state index in [1.807, 2.05) is 24.8 Å². The Kier molecular flexibility index (Phi) is 2.23. The molecule has 0 amide bonds. The number of aromatic nitrogens is 3. The molecule has 0 aliphatic rings. The number of nitrogens with two attached hydrogens (primary N) is 1. The lowest BCUT2D eigenvalue weighted by molar-refractivity contribution is 0.941. The van der Waals surface area contributed by atoms with Gasteiger partial charge in [-0.15, -0.1) is 0 Å². The summed E-state index contributed by atoms with van der Waals surface area (Å²) in [4.78, 5) is 7.39. The Morgan fingerprint density at radius 1 is 1.41 bits per heavy atom. The number of hydrogen-bond donors (Lipinski definition) is 2. The molecule has 0 bridgehead atoms. The van der Waals surface area contributed by atoms with Gasteiger partial charge in [-0.3, -0.25) is 0 Å². The lowest BCUT2D eigenvalue weighted by Crippen LogP contribution is -2.01. The van der Waals surface area contributed by atoms with Crippen LogP contribution in [0.25, 0.3) is 16.6 Å². The van der Waals surface area contributed by atoms with Crippen molar-refractivity contribution in [2.75, 3.05) is 0 Å². The van der Waals surface area contributed by atoms with Crippen molar-refractivity contribution < 1.29 is 0 Å². The van der Waals surface area contributed by atoms with Crippen LogP contribution in [0.2, 0.25) is 0 Å². The lowest BCUT2D eigenvalue weighted by Gasteiger charge is -2.00. The topological polar surface area (TPSA) is 59.1 Å². The van der Waals surface area contributed by atoms with Crippen molar-refractivity contribution in [2.45, 2.75) is 13.5 Å². The first-order valence-electron chi connectivity index (χ1n) is 5.59. The number of nitrogens with one attached hydrogen (secondary N) is 1. The molecular weight excluding hydrogens is 212 g/mol. The summed E-state index contributed by atoms with van der Waals surface area (Å²) in [5, 5.41) is 0. The molecule has 3 aromatic rings. The third-order valence-electron chi connectivity index (χ3n) is 3.09. The van der Waals surface area contributed by atoms with Crippen LogP contribution in [0.3, 0.4) is 0 Å². The van der Waals surface area contributed by atoms with Crippen molar-refractivity contribution in [1.29, 1.82) is 0 Å². The van der Waals surface area contributed by atoms with Gasteiger partial charge in [0, 0.05) is 41.3 Å². The zero-order valence-electron chi connectivity index (χ0n) is 9.64. The average molecular weight is 226 g/mol. The summed E-state index contributed by atoms with van der Waals surface area (Å²) in [5.41, 5.74) is 11.3. The first-order valence-corrected chi connectivity index (χ1v) is 5.59. The Morgan fingerprint density at radius 2 is 2.29 bits per heavy atom. The Morgan fingerprint density at radius 3 is 3.00 bits per heavy atom. The van der Waals surface area contributed by atoms with Gasteiger partial charge in [-0.2, -0.15) is 0 Å². The van der Waals surface area contributed by atoms with Crippen molar-refractivity contribution in [3.63, 3.8) is 0 Å². The van der Waals surface area contributed by atoms with Crippen LogP contribution in [-0.4, -0.2) is 14.4 Å². The molecule has 0 saturated heterocycles. The van der Waals surface area contributed by atoms with Gasteiger partial charge in [0.25, 0.3) is 0 Å². The number of aryl methyl sites for hydroxylation is 1. The zero-order chi connectivity index (χ0) is 11.8. The highest BCUT2D eigenvalue weighted by Crippen LogP contribution is 2.26. The maximum absolute atomic E-state index is 5.60. The van der Waals surface area contributed by atoms with E-state index < -0.39 is 0 Å². The third kappa shape index (κ3) is 1.54. The molecule has 3 N–H and O–H groups in total. The minimum Gasteiger partial charge on any atom is -0.367 e. The van der Waals surface area contributed by atoms with Gasteiger partial charge in [-0.1, -0.05) is 0 Å². The molecule has 3 heterocycles. The maximum atomic E-state index is 5.60. The number of aromatic amines is 1. The summed E-state index contributed by atoms with van der Waals surface area (Å²) in [6, 6.07) is 6.27. The molecule has 0 aliphatic heterocycles. The number of H-pyrrole nitrogens is 1. The zero-order valence-corrected chi connectivity index (χ0v) is 9.64. The van der Waals surface area contributed by atoms with Crippen LogP contribution < -0.4 is 5.73 Å². The van der Waals surface area contributed by atoms with Gasteiger partial charge in [0.15, 0.2) is 0 Å². The molecular formula is C13H14N4. The third-order valence-corrected chi connectivity index (χ3v) is 3.09. The standard InChI is InChI=1S/C13H14N4/c1-9-13(10-2-3-15-7-10)5-12-4-11(6-14)16-8-17(9)12/h2-5,7-8,15H,6,14H2,1H3. The lowest BCUT2D eigenvalue weighted by atomic mass is 10.1. The van der Waals surface area contributed by atoms with Crippen LogP contribution in [-0.2, 0) is 6.54 Å². The first kappa shape index (κ1) is 10.1. The molecule has 86 valence electrons. The average Bonchev–Trinajstić information content (AvgIpc) is 2.97. The fourth-order valence-electron chi connectivity index (χ4n) is 2.14. The van der Waals surface area contributed by atoms with E-state index in [9.17, 15) is 0 Å². The van der Waals surface area contributed by atoms with Crippen LogP contribution in [0.1, 0.15) is 11.4 Å². The predicted octanol–water partition coefficient (Wildman–Crippen LogP) is 2.10. The molecule has 4 nitrogen and oxygen atoms in total. The minimum absolute atomic E-state index is 0.472. The second kappa shape index (κ2) is 3.75. The van der Waals surface area contributed by atoms with Crippen LogP contribution >= 0.6 is 0 Å². The van der Waals surface area contributed by atoms with Crippen molar-refractivity contribution >= 4 is 5.52 Å². The molecule has 0 fully saturated rings. The SMILES string of the molecule is Cc1c(-c2cc[nH]c2)cc2cc(CN)ncn12. The molecule has 0 saturated carbocycles. The summed E-state index contributed by atoms with van der Waals surface area (Å²) in [5.74, 6) is 0. The molecule has 0 aliphatic carbocycles. The summed E-state index contributed by atoms with van der Waals surface area (Å²) in [6.07, 6.45) is 5.77. The summed E-state index contributed by atoms with van der Waals surface area (Å²) in [6.45, 7) is 2.57. The Hall–Kier alpha value is -2.07. The largest absolute Gasteiger partial charge is 0.367 e. The highest BCUT2D eigenvalue weighted by molar-refractivity contribution is 5.73. The van der Waals surface area contributed by atoms with Crippen LogP contribution in [0, 0.1) is 6.92 Å². The van der Waals surface area contributed by atoms with Crippen LogP contribution in [0.4, 0.5) is 0 Å². The van der Waals surface area contributed by atoms with E-state index in [-0.39, 0.29) is 0 Å². The van der Waals surface area contributed by atoms with Gasteiger partial charge < -0.3 is 15.1 Å². The van der Waals surface area contributed by atoms with E-state index >= 15 is 0 Å². The summed E-state index contributed by atoms with van der Waals surface area (Å²) < 4.78 is 2.08. The smallest absolute Gasteiger partial charge is 0.0996 e. The van der Waals surface area contributed by atoms with Gasteiger partial charge in [0.05, 0.1) is 12.0 Å². The Labute approximate surface area is 99.1 Å². The van der Waals surface area contributed by atoms with Gasteiger partial charge in [0.1, 0.15) is 0 Å². The second-order valence-electron chi connectivity index (χ2n) is 4.12. The van der Waals surface area contributed by atoms with E-state index in [0.29, 0.717) is 6.54 Å². The molecule has 0 spiro atoms. The van der Waals surface area contributed by atoms with Crippen molar-refractivity contribution in [3.05, 3.63) is 48.3 Å². The molecule has 3 aromatic heterocycles. The molecule has 0 atom stereocenters. The minimum atomic E-state index is 0.472. The van der Waals surface area contributed by atoms with E-state index in [4.69, 9.17) is 5.73 Å². The second-order valence-corrected chi connectivity index (χ2v) is 4.12. The fourth-order valence-corrected chi connectivity index (χ4v) is 2.14. The van der Waals surface area contributed by atoms with Crippen molar-refractivity contribution in [1.82, 2.24) is 14.4 Å². The van der Waals surface area contributed by atoms with Gasteiger partial charge in [-0.25, -0.2) is 4.98 Å². The van der Waals surface area contributed by atoms with E-state index in [1.165, 1.54) is 16.8 Å². The monoisotopic (exact) mass is 226 g/mol. The highest BCUT2D eigenvalue weighted by Gasteiger charge is 2.09. The molecule has 4 heteroatoms. The van der Waals surface area contributed by atoms with Gasteiger partial charge >= 0.3 is 0 Å². The maximum Gasteiger partial charge on any atom is 0.0996 e. The number of fused-ring (bicyclic) bond motifs is 1. The number of hydrogen-bond acceptors (Lipinski definition) is 2. The number of nitrogens with zero attached hydrogens (tertiary/aromatic N) is 2. The van der Waals surface area contributed by atoms with E-state index in [0.717, 1.165) is 11.2 Å². The summed E-state index contributed by atoms with van der Waals surface area (Å²) in [7, 11) is 0. The van der Waals surface area contributed by atoms with Crippen LogP contribution in [0.5, 0.6) is 0 Å². The Balaban J connectivity index is 2.24. The fraction of sp³-hybridized carbons (Fsp3) is 0.154. The highest BCUT2D eigenvalue weighted by atomic mass is 15.0. The first-order chi connectivity index (χ1) is 8.29. The summed E-state index contributed by atoms with van der Waals surface area (Å²) >= 11 is 0. The van der Waals surface area contributed by atoms with E-state index in [1.54, 1.807) is 0 Å². The van der Waals surface area contributed by atoms with Gasteiger partial charge in [0.2, 0.25) is 0 Å². The molecule has 17 heavy (non-hydrogen) atoms. The predicted molar refractivity (Wildman–Crippen MR) is 67.6 cm³/mol.